The van der Waals surface area contributed by atoms with Gasteiger partial charge in [-0.05, 0) is 47.6 Å². The van der Waals surface area contributed by atoms with Crippen molar-refractivity contribution in [1.29, 1.82) is 0 Å². The van der Waals surface area contributed by atoms with Crippen LogP contribution in [0.4, 0.5) is 5.88 Å². The molecular weight excluding hydrogens is 320 g/mol. The maximum atomic E-state index is 10.6. The summed E-state index contributed by atoms with van der Waals surface area (Å²) in [6.07, 6.45) is 0. The molecule has 0 amide bonds. The predicted molar refractivity (Wildman–Crippen MR) is 73.0 cm³/mol. The van der Waals surface area contributed by atoms with Gasteiger partial charge in [0.15, 0.2) is 0 Å². The van der Waals surface area contributed by atoms with E-state index < -0.39 is 4.92 Å². The molecule has 96 valence electrons. The smallest absolute Gasteiger partial charge is 0.404 e. The minimum absolute atomic E-state index is 0.173. The van der Waals surface area contributed by atoms with Crippen molar-refractivity contribution >= 4 is 33.2 Å². The van der Waals surface area contributed by atoms with Crippen molar-refractivity contribution in [2.45, 2.75) is 13.0 Å². The van der Waals surface area contributed by atoms with Gasteiger partial charge in [0.25, 0.3) is 0 Å². The average Bonchev–Trinajstić information content (AvgIpc) is 2.89. The van der Waals surface area contributed by atoms with E-state index in [9.17, 15) is 10.1 Å². The molecule has 2 rings (SSSR count). The Morgan fingerprint density at radius 3 is 2.72 bits per heavy atom. The van der Waals surface area contributed by atoms with Gasteiger partial charge in [0.05, 0.1) is 9.85 Å². The summed E-state index contributed by atoms with van der Waals surface area (Å²) in [6, 6.07) is 4.86. The van der Waals surface area contributed by atoms with E-state index in [2.05, 4.69) is 21.2 Å². The molecule has 0 bridgehead atoms. The number of nitrogens with zero attached hydrogens (tertiary/aromatic N) is 1. The Hall–Kier alpha value is -1.18. The Labute approximate surface area is 116 Å². The summed E-state index contributed by atoms with van der Waals surface area (Å²) >= 11 is 5.05. The fourth-order valence-electron chi connectivity index (χ4n) is 1.65. The number of furan rings is 1. The van der Waals surface area contributed by atoms with Crippen molar-refractivity contribution in [2.75, 3.05) is 7.05 Å². The first-order valence-electron chi connectivity index (χ1n) is 5.20. The van der Waals surface area contributed by atoms with Crippen LogP contribution in [0.1, 0.15) is 22.2 Å². The molecule has 5 nitrogen and oxygen atoms in total. The van der Waals surface area contributed by atoms with Crippen molar-refractivity contribution in [3.63, 3.8) is 0 Å². The van der Waals surface area contributed by atoms with E-state index in [1.807, 2.05) is 13.0 Å². The minimum atomic E-state index is -0.536. The van der Waals surface area contributed by atoms with Gasteiger partial charge >= 0.3 is 5.88 Å². The molecule has 0 spiro atoms. The molecular formula is C11H11BrN2O3S. The number of nitrogens with one attached hydrogen (secondary N) is 1. The van der Waals surface area contributed by atoms with Crippen molar-refractivity contribution < 1.29 is 9.34 Å². The molecule has 0 fully saturated rings. The number of hydrogen-bond donors (Lipinski definition) is 1. The van der Waals surface area contributed by atoms with Crippen LogP contribution in [0.2, 0.25) is 0 Å². The fraction of sp³-hybridized carbons (Fsp3) is 0.273. The zero-order chi connectivity index (χ0) is 13.3. The van der Waals surface area contributed by atoms with E-state index in [0.29, 0.717) is 5.76 Å². The molecule has 0 aliphatic heterocycles. The van der Waals surface area contributed by atoms with Gasteiger partial charge in [0, 0.05) is 4.88 Å². The van der Waals surface area contributed by atoms with Crippen molar-refractivity contribution in [3.05, 3.63) is 48.3 Å². The van der Waals surface area contributed by atoms with E-state index in [-0.39, 0.29) is 11.9 Å². The molecule has 2 aromatic heterocycles. The minimum Gasteiger partial charge on any atom is -0.404 e. The van der Waals surface area contributed by atoms with Crippen LogP contribution in [0.15, 0.2) is 26.4 Å². The lowest BCUT2D eigenvalue weighted by Gasteiger charge is -2.10. The third-order valence-corrected chi connectivity index (χ3v) is 4.73. The Balaban J connectivity index is 2.35. The van der Waals surface area contributed by atoms with Crippen LogP contribution in [-0.4, -0.2) is 12.0 Å². The SMILES string of the molecule is CNC(c1ccc([N+](=O)[O-])o1)c1cc(C)c(Br)s1. The Kier molecular flexibility index (Phi) is 3.84. The first kappa shape index (κ1) is 13.3. The van der Waals surface area contributed by atoms with Crippen LogP contribution in [0.3, 0.4) is 0 Å². The highest BCUT2D eigenvalue weighted by Crippen LogP contribution is 2.35. The van der Waals surface area contributed by atoms with Crippen LogP contribution < -0.4 is 5.32 Å². The van der Waals surface area contributed by atoms with E-state index in [1.54, 1.807) is 24.5 Å². The number of rotatable bonds is 4. The van der Waals surface area contributed by atoms with E-state index in [1.165, 1.54) is 6.07 Å². The maximum Gasteiger partial charge on any atom is 0.433 e. The molecule has 1 atom stereocenters. The molecule has 0 radical (unpaired) electrons. The van der Waals surface area contributed by atoms with Crippen LogP contribution >= 0.6 is 27.3 Å². The van der Waals surface area contributed by atoms with Gasteiger partial charge in [-0.1, -0.05) is 0 Å². The lowest BCUT2D eigenvalue weighted by molar-refractivity contribution is -0.402. The molecule has 2 aromatic rings. The maximum absolute atomic E-state index is 10.6. The molecule has 0 saturated heterocycles. The number of nitro groups is 1. The van der Waals surface area contributed by atoms with E-state index >= 15 is 0 Å². The summed E-state index contributed by atoms with van der Waals surface area (Å²) in [5, 5.41) is 13.7. The molecule has 0 saturated carbocycles. The first-order valence-corrected chi connectivity index (χ1v) is 6.81. The highest BCUT2D eigenvalue weighted by atomic mass is 79.9. The monoisotopic (exact) mass is 330 g/mol. The van der Waals surface area contributed by atoms with Gasteiger partial charge in [-0.2, -0.15) is 0 Å². The van der Waals surface area contributed by atoms with Crippen LogP contribution in [0.25, 0.3) is 0 Å². The molecule has 0 aromatic carbocycles. The lowest BCUT2D eigenvalue weighted by Crippen LogP contribution is -2.15. The largest absolute Gasteiger partial charge is 0.433 e. The molecule has 0 aliphatic carbocycles. The molecule has 2 heterocycles. The Morgan fingerprint density at radius 1 is 1.56 bits per heavy atom. The van der Waals surface area contributed by atoms with Gasteiger partial charge in [-0.25, -0.2) is 0 Å². The van der Waals surface area contributed by atoms with Crippen molar-refractivity contribution in [1.82, 2.24) is 5.32 Å². The predicted octanol–water partition coefficient (Wildman–Crippen LogP) is 3.63. The highest BCUT2D eigenvalue weighted by Gasteiger charge is 2.22. The quantitative estimate of drug-likeness (QED) is 0.686. The summed E-state index contributed by atoms with van der Waals surface area (Å²) < 4.78 is 6.29. The number of hydrogen-bond acceptors (Lipinski definition) is 5. The molecule has 0 aliphatic rings. The molecule has 1 N–H and O–H groups in total. The molecule has 1 unspecified atom stereocenters. The second-order valence-electron chi connectivity index (χ2n) is 3.76. The van der Waals surface area contributed by atoms with Gasteiger partial charge in [0.2, 0.25) is 0 Å². The number of halogens is 1. The highest BCUT2D eigenvalue weighted by molar-refractivity contribution is 9.11. The standard InChI is InChI=1S/C11H11BrN2O3S/c1-6-5-8(18-11(6)12)10(13-2)7-3-4-9(17-7)14(15)16/h3-5,10,13H,1-2H3. The van der Waals surface area contributed by atoms with Crippen molar-refractivity contribution in [3.8, 4) is 0 Å². The van der Waals surface area contributed by atoms with Gasteiger partial charge < -0.3 is 9.73 Å². The summed E-state index contributed by atoms with van der Waals surface area (Å²) in [7, 11) is 1.79. The van der Waals surface area contributed by atoms with Crippen molar-refractivity contribution in [2.24, 2.45) is 0 Å². The molecule has 7 heteroatoms. The zero-order valence-electron chi connectivity index (χ0n) is 9.77. The summed E-state index contributed by atoms with van der Waals surface area (Å²) in [5.41, 5.74) is 1.14. The summed E-state index contributed by atoms with van der Waals surface area (Å²) in [6.45, 7) is 2.00. The molecule has 18 heavy (non-hydrogen) atoms. The summed E-state index contributed by atoms with van der Waals surface area (Å²) in [4.78, 5) is 11.1. The second-order valence-corrected chi connectivity index (χ2v) is 6.16. The van der Waals surface area contributed by atoms with Gasteiger partial charge in [-0.3, -0.25) is 10.1 Å². The van der Waals surface area contributed by atoms with Gasteiger partial charge in [-0.15, -0.1) is 11.3 Å². The van der Waals surface area contributed by atoms with Gasteiger partial charge in [0.1, 0.15) is 16.7 Å². The second kappa shape index (κ2) is 5.21. The van der Waals surface area contributed by atoms with E-state index in [4.69, 9.17) is 4.42 Å². The summed E-state index contributed by atoms with van der Waals surface area (Å²) in [5.74, 6) is 0.301. The lowest BCUT2D eigenvalue weighted by atomic mass is 10.2. The Morgan fingerprint density at radius 2 is 2.28 bits per heavy atom. The normalized spacial score (nSPS) is 12.6. The van der Waals surface area contributed by atoms with Crippen LogP contribution in [0.5, 0.6) is 0 Å². The Bertz CT molecular complexity index is 559. The van der Waals surface area contributed by atoms with E-state index in [0.717, 1.165) is 14.2 Å². The zero-order valence-corrected chi connectivity index (χ0v) is 12.2. The van der Waals surface area contributed by atoms with Crippen LogP contribution in [-0.2, 0) is 0 Å². The number of thiophene rings is 1. The third kappa shape index (κ3) is 2.47. The third-order valence-electron chi connectivity index (χ3n) is 2.53. The average molecular weight is 331 g/mol. The topological polar surface area (TPSA) is 68.3 Å². The fourth-order valence-corrected chi connectivity index (χ4v) is 3.34. The number of aryl methyl sites for hydroxylation is 1. The van der Waals surface area contributed by atoms with Crippen LogP contribution in [0, 0.1) is 17.0 Å². The first-order chi connectivity index (χ1) is 8.52.